The van der Waals surface area contributed by atoms with Crippen LogP contribution in [0.5, 0.6) is 11.5 Å². The van der Waals surface area contributed by atoms with Crippen molar-refractivity contribution in [3.63, 3.8) is 0 Å². The Labute approximate surface area is 170 Å². The van der Waals surface area contributed by atoms with Crippen molar-refractivity contribution in [1.82, 2.24) is 19.7 Å². The van der Waals surface area contributed by atoms with Crippen LogP contribution in [0.4, 0.5) is 0 Å². The van der Waals surface area contributed by atoms with Gasteiger partial charge in [-0.1, -0.05) is 18.2 Å². The molecule has 7 nitrogen and oxygen atoms in total. The lowest BCUT2D eigenvalue weighted by Gasteiger charge is -2.25. The fourth-order valence-corrected chi connectivity index (χ4v) is 3.15. The predicted molar refractivity (Wildman–Crippen MR) is 110 cm³/mol. The molecule has 0 bridgehead atoms. The van der Waals surface area contributed by atoms with Gasteiger partial charge in [0.2, 0.25) is 5.91 Å². The molecule has 7 heteroatoms. The number of hydrogen-bond donors (Lipinski definition) is 0. The van der Waals surface area contributed by atoms with Gasteiger partial charge in [0.15, 0.2) is 11.5 Å². The van der Waals surface area contributed by atoms with E-state index in [9.17, 15) is 4.79 Å². The van der Waals surface area contributed by atoms with E-state index >= 15 is 0 Å². The Morgan fingerprint density at radius 3 is 2.45 bits per heavy atom. The van der Waals surface area contributed by atoms with Crippen LogP contribution in [0.2, 0.25) is 0 Å². The SMILES string of the molecule is COc1ccc(CCC(=O)N(C)[C@H](C)c2ccc(-n3cncn3)cc2)cc1OC. The van der Waals surface area contributed by atoms with Crippen molar-refractivity contribution in [3.05, 3.63) is 66.2 Å². The third kappa shape index (κ3) is 4.74. The summed E-state index contributed by atoms with van der Waals surface area (Å²) in [6.07, 6.45) is 4.22. The number of nitrogens with zero attached hydrogens (tertiary/aromatic N) is 4. The van der Waals surface area contributed by atoms with Crippen molar-refractivity contribution in [1.29, 1.82) is 0 Å². The quantitative estimate of drug-likeness (QED) is 0.585. The van der Waals surface area contributed by atoms with Crippen LogP contribution >= 0.6 is 0 Å². The van der Waals surface area contributed by atoms with Gasteiger partial charge in [0.05, 0.1) is 25.9 Å². The Hall–Kier alpha value is -3.35. The van der Waals surface area contributed by atoms with Crippen LogP contribution < -0.4 is 9.47 Å². The number of carbonyl (C=O) groups is 1. The Morgan fingerprint density at radius 1 is 1.10 bits per heavy atom. The van der Waals surface area contributed by atoms with E-state index in [-0.39, 0.29) is 11.9 Å². The highest BCUT2D eigenvalue weighted by molar-refractivity contribution is 5.76. The fraction of sp³-hybridized carbons (Fsp3) is 0.318. The summed E-state index contributed by atoms with van der Waals surface area (Å²) >= 11 is 0. The number of methoxy groups -OCH3 is 2. The van der Waals surface area contributed by atoms with Crippen molar-refractivity contribution < 1.29 is 14.3 Å². The number of benzene rings is 2. The number of rotatable bonds is 8. The first-order valence-corrected chi connectivity index (χ1v) is 9.45. The van der Waals surface area contributed by atoms with Crippen LogP contribution in [0.3, 0.4) is 0 Å². The fourth-order valence-electron chi connectivity index (χ4n) is 3.15. The van der Waals surface area contributed by atoms with Crippen molar-refractivity contribution in [3.8, 4) is 17.2 Å². The molecule has 29 heavy (non-hydrogen) atoms. The summed E-state index contributed by atoms with van der Waals surface area (Å²) in [6, 6.07) is 13.7. The van der Waals surface area contributed by atoms with Gasteiger partial charge in [0.25, 0.3) is 0 Å². The average molecular weight is 394 g/mol. The van der Waals surface area contributed by atoms with Gasteiger partial charge in [-0.05, 0) is 48.7 Å². The third-order valence-electron chi connectivity index (χ3n) is 5.11. The summed E-state index contributed by atoms with van der Waals surface area (Å²) in [6.45, 7) is 2.03. The maximum atomic E-state index is 12.7. The molecule has 3 rings (SSSR count). The number of aromatic nitrogens is 3. The predicted octanol–water partition coefficient (Wildman–Crippen LogP) is 3.44. The molecule has 1 amide bonds. The lowest BCUT2D eigenvalue weighted by Crippen LogP contribution is -2.29. The van der Waals surface area contributed by atoms with Gasteiger partial charge in [-0.3, -0.25) is 4.79 Å². The van der Waals surface area contributed by atoms with Crippen LogP contribution in [0, 0.1) is 0 Å². The van der Waals surface area contributed by atoms with Gasteiger partial charge in [-0.15, -0.1) is 0 Å². The molecule has 0 fully saturated rings. The molecule has 3 aromatic rings. The molecule has 0 N–H and O–H groups in total. The van der Waals surface area contributed by atoms with Crippen molar-refractivity contribution in [2.24, 2.45) is 0 Å². The lowest BCUT2D eigenvalue weighted by molar-refractivity contribution is -0.131. The normalized spacial score (nSPS) is 11.7. The summed E-state index contributed by atoms with van der Waals surface area (Å²) in [5, 5.41) is 4.12. The highest BCUT2D eigenvalue weighted by Crippen LogP contribution is 2.28. The molecule has 2 aromatic carbocycles. The zero-order chi connectivity index (χ0) is 20.8. The van der Waals surface area contributed by atoms with Gasteiger partial charge in [0.1, 0.15) is 12.7 Å². The van der Waals surface area contributed by atoms with Crippen molar-refractivity contribution >= 4 is 5.91 Å². The molecule has 0 aliphatic heterocycles. The molecule has 1 aromatic heterocycles. The molecule has 1 heterocycles. The molecular formula is C22H26N4O3. The largest absolute Gasteiger partial charge is 0.493 e. The van der Waals surface area contributed by atoms with Crippen LogP contribution in [0.15, 0.2) is 55.1 Å². The minimum absolute atomic E-state index is 0.0299. The van der Waals surface area contributed by atoms with Crippen LogP contribution in [0.25, 0.3) is 5.69 Å². The Balaban J connectivity index is 1.60. The van der Waals surface area contributed by atoms with E-state index in [1.807, 2.05) is 56.4 Å². The van der Waals surface area contributed by atoms with E-state index < -0.39 is 0 Å². The maximum absolute atomic E-state index is 12.7. The van der Waals surface area contributed by atoms with E-state index in [0.29, 0.717) is 24.3 Å². The van der Waals surface area contributed by atoms with E-state index in [1.54, 1.807) is 30.1 Å². The number of carbonyl (C=O) groups excluding carboxylic acids is 1. The molecule has 1 atom stereocenters. The van der Waals surface area contributed by atoms with Gasteiger partial charge in [0, 0.05) is 13.5 Å². The van der Waals surface area contributed by atoms with Gasteiger partial charge < -0.3 is 14.4 Å². The second-order valence-corrected chi connectivity index (χ2v) is 6.80. The van der Waals surface area contributed by atoms with Gasteiger partial charge in [-0.25, -0.2) is 9.67 Å². The van der Waals surface area contributed by atoms with E-state index in [4.69, 9.17) is 9.47 Å². The molecule has 0 spiro atoms. The summed E-state index contributed by atoms with van der Waals surface area (Å²) in [4.78, 5) is 18.5. The molecule has 152 valence electrons. The standard InChI is InChI=1S/C22H26N4O3/c1-16(18-7-9-19(10-8-18)26-15-23-14-24-26)25(2)22(27)12-6-17-5-11-20(28-3)21(13-17)29-4/h5,7-11,13-16H,6,12H2,1-4H3/t16-/m1/s1. The minimum atomic E-state index is -0.0299. The average Bonchev–Trinajstić information content (AvgIpc) is 3.31. The monoisotopic (exact) mass is 394 g/mol. The van der Waals surface area contributed by atoms with Crippen LogP contribution in [0.1, 0.15) is 30.5 Å². The summed E-state index contributed by atoms with van der Waals surface area (Å²) in [5.41, 5.74) is 3.03. The Kier molecular flexibility index (Phi) is 6.49. The summed E-state index contributed by atoms with van der Waals surface area (Å²) in [7, 11) is 5.05. The molecular weight excluding hydrogens is 368 g/mol. The van der Waals surface area contributed by atoms with Gasteiger partial charge in [-0.2, -0.15) is 5.10 Å². The first-order chi connectivity index (χ1) is 14.0. The molecule has 0 unspecified atom stereocenters. The zero-order valence-corrected chi connectivity index (χ0v) is 17.2. The minimum Gasteiger partial charge on any atom is -0.493 e. The van der Waals surface area contributed by atoms with Gasteiger partial charge >= 0.3 is 0 Å². The smallest absolute Gasteiger partial charge is 0.223 e. The molecule has 0 aliphatic carbocycles. The summed E-state index contributed by atoms with van der Waals surface area (Å²) in [5.74, 6) is 1.45. The van der Waals surface area contributed by atoms with Crippen molar-refractivity contribution in [2.45, 2.75) is 25.8 Å². The molecule has 0 saturated heterocycles. The Bertz CT molecular complexity index is 939. The first kappa shape index (κ1) is 20.4. The van der Waals surface area contributed by atoms with Crippen molar-refractivity contribution in [2.75, 3.05) is 21.3 Å². The second-order valence-electron chi connectivity index (χ2n) is 6.80. The highest BCUT2D eigenvalue weighted by Gasteiger charge is 2.17. The third-order valence-corrected chi connectivity index (χ3v) is 5.11. The molecule has 0 saturated carbocycles. The second kappa shape index (κ2) is 9.23. The molecule has 0 radical (unpaired) electrons. The highest BCUT2D eigenvalue weighted by atomic mass is 16.5. The first-order valence-electron chi connectivity index (χ1n) is 9.45. The lowest BCUT2D eigenvalue weighted by atomic mass is 10.0. The van der Waals surface area contributed by atoms with Crippen LogP contribution in [-0.2, 0) is 11.2 Å². The number of amides is 1. The summed E-state index contributed by atoms with van der Waals surface area (Å²) < 4.78 is 12.3. The van der Waals surface area contributed by atoms with E-state index in [2.05, 4.69) is 10.1 Å². The number of hydrogen-bond acceptors (Lipinski definition) is 5. The molecule has 0 aliphatic rings. The Morgan fingerprint density at radius 2 is 1.83 bits per heavy atom. The maximum Gasteiger partial charge on any atom is 0.223 e. The van der Waals surface area contributed by atoms with E-state index in [0.717, 1.165) is 16.8 Å². The number of aryl methyl sites for hydroxylation is 1. The van der Waals surface area contributed by atoms with Crippen LogP contribution in [-0.4, -0.2) is 46.8 Å². The topological polar surface area (TPSA) is 69.5 Å². The zero-order valence-electron chi connectivity index (χ0n) is 17.2. The number of ether oxygens (including phenoxy) is 2. The van der Waals surface area contributed by atoms with E-state index in [1.165, 1.54) is 6.33 Å².